The topological polar surface area (TPSA) is 19.9 Å². The van der Waals surface area contributed by atoms with Gasteiger partial charge in [-0.25, -0.2) is 0 Å². The maximum atomic E-state index is 13.0. The molecule has 0 aliphatic heterocycles. The SMILES string of the molecule is CC[Si]([O])(c1ccccc1)c1ccccc1. The second-order valence-electron chi connectivity index (χ2n) is 3.91. The van der Waals surface area contributed by atoms with Crippen molar-refractivity contribution in [2.45, 2.75) is 13.0 Å². The van der Waals surface area contributed by atoms with Gasteiger partial charge in [0.2, 0.25) is 0 Å². The molecular formula is C14H15OSi. The van der Waals surface area contributed by atoms with E-state index in [0.29, 0.717) is 6.04 Å². The van der Waals surface area contributed by atoms with Gasteiger partial charge in [0, 0.05) is 0 Å². The smallest absolute Gasteiger partial charge is 0.285 e. The van der Waals surface area contributed by atoms with Crippen molar-refractivity contribution in [2.75, 3.05) is 0 Å². The lowest BCUT2D eigenvalue weighted by atomic mass is 10.4. The van der Waals surface area contributed by atoms with E-state index in [1.165, 1.54) is 0 Å². The van der Waals surface area contributed by atoms with Crippen molar-refractivity contribution < 1.29 is 4.80 Å². The van der Waals surface area contributed by atoms with Crippen LogP contribution in [0.4, 0.5) is 0 Å². The molecule has 0 heterocycles. The van der Waals surface area contributed by atoms with E-state index in [1.54, 1.807) is 0 Å². The highest BCUT2D eigenvalue weighted by Crippen LogP contribution is 2.07. The van der Waals surface area contributed by atoms with Crippen LogP contribution in [0, 0.1) is 0 Å². The first-order chi connectivity index (χ1) is 7.77. The van der Waals surface area contributed by atoms with Crippen LogP contribution in [-0.4, -0.2) is 8.32 Å². The lowest BCUT2D eigenvalue weighted by Gasteiger charge is -2.21. The largest absolute Gasteiger partial charge is 0.298 e. The van der Waals surface area contributed by atoms with Crippen molar-refractivity contribution in [2.24, 2.45) is 0 Å². The molecule has 2 heteroatoms. The monoisotopic (exact) mass is 227 g/mol. The first-order valence-electron chi connectivity index (χ1n) is 5.59. The number of hydrogen-bond acceptors (Lipinski definition) is 0. The fourth-order valence-electron chi connectivity index (χ4n) is 1.99. The van der Waals surface area contributed by atoms with Gasteiger partial charge in [0.15, 0.2) is 0 Å². The van der Waals surface area contributed by atoms with Crippen LogP contribution < -0.4 is 10.4 Å². The molecule has 0 saturated carbocycles. The van der Waals surface area contributed by atoms with Crippen molar-refractivity contribution in [1.82, 2.24) is 0 Å². The van der Waals surface area contributed by atoms with Crippen LogP contribution in [0.15, 0.2) is 60.7 Å². The lowest BCUT2D eigenvalue weighted by Crippen LogP contribution is -2.56. The second-order valence-corrected chi connectivity index (χ2v) is 7.43. The van der Waals surface area contributed by atoms with E-state index in [4.69, 9.17) is 0 Å². The molecule has 16 heavy (non-hydrogen) atoms. The quantitative estimate of drug-likeness (QED) is 0.716. The molecule has 0 unspecified atom stereocenters. The molecule has 0 saturated heterocycles. The van der Waals surface area contributed by atoms with Crippen LogP contribution in [0.5, 0.6) is 0 Å². The molecule has 0 aliphatic carbocycles. The van der Waals surface area contributed by atoms with E-state index in [2.05, 4.69) is 0 Å². The maximum absolute atomic E-state index is 13.0. The van der Waals surface area contributed by atoms with Crippen LogP contribution in [0.2, 0.25) is 6.04 Å². The molecule has 81 valence electrons. The Bertz CT molecular complexity index is 399. The summed E-state index contributed by atoms with van der Waals surface area (Å²) in [6.45, 7) is 2.00. The van der Waals surface area contributed by atoms with E-state index in [-0.39, 0.29) is 0 Å². The van der Waals surface area contributed by atoms with E-state index >= 15 is 0 Å². The molecule has 0 aliphatic rings. The maximum Gasteiger partial charge on any atom is 0.298 e. The van der Waals surface area contributed by atoms with Crippen LogP contribution in [-0.2, 0) is 4.80 Å². The van der Waals surface area contributed by atoms with E-state index in [0.717, 1.165) is 10.4 Å². The molecule has 0 spiro atoms. The van der Waals surface area contributed by atoms with Gasteiger partial charge in [0.25, 0.3) is 8.32 Å². The first kappa shape index (κ1) is 11.1. The van der Waals surface area contributed by atoms with Gasteiger partial charge in [-0.15, -0.1) is 0 Å². The van der Waals surface area contributed by atoms with Gasteiger partial charge in [-0.3, -0.25) is 4.80 Å². The average Bonchev–Trinajstić information content (AvgIpc) is 2.40. The highest BCUT2D eigenvalue weighted by Gasteiger charge is 2.35. The van der Waals surface area contributed by atoms with Gasteiger partial charge in [-0.1, -0.05) is 67.6 Å². The fourth-order valence-corrected chi connectivity index (χ4v) is 4.60. The molecule has 0 aromatic heterocycles. The Morgan fingerprint density at radius 3 is 1.50 bits per heavy atom. The standard InChI is InChI=1S/C14H15OSi/c1-2-16(15,13-9-5-3-6-10-13)14-11-7-4-8-12-14/h3-12H,2H2,1H3. The van der Waals surface area contributed by atoms with Crippen molar-refractivity contribution in [3.63, 3.8) is 0 Å². The number of hydrogen-bond donors (Lipinski definition) is 0. The van der Waals surface area contributed by atoms with Crippen molar-refractivity contribution in [3.8, 4) is 0 Å². The van der Waals surface area contributed by atoms with Gasteiger partial charge >= 0.3 is 0 Å². The average molecular weight is 227 g/mol. The molecule has 2 aromatic rings. The summed E-state index contributed by atoms with van der Waals surface area (Å²) >= 11 is 0. The Hall–Kier alpha value is -1.38. The summed E-state index contributed by atoms with van der Waals surface area (Å²) in [5.74, 6) is 0. The molecule has 1 radical (unpaired) electrons. The third-order valence-electron chi connectivity index (χ3n) is 2.98. The molecule has 0 amide bonds. The minimum atomic E-state index is -2.73. The summed E-state index contributed by atoms with van der Waals surface area (Å²) in [6, 6.07) is 20.3. The van der Waals surface area contributed by atoms with Crippen molar-refractivity contribution in [3.05, 3.63) is 60.7 Å². The van der Waals surface area contributed by atoms with Gasteiger partial charge in [-0.2, -0.15) is 0 Å². The van der Waals surface area contributed by atoms with Gasteiger partial charge in [-0.05, 0) is 16.4 Å². The minimum absolute atomic E-state index is 0.695. The Labute approximate surface area is 97.5 Å². The zero-order chi connectivity index (χ0) is 11.4. The molecule has 0 atom stereocenters. The summed E-state index contributed by atoms with van der Waals surface area (Å²) in [7, 11) is -2.73. The Kier molecular flexibility index (Phi) is 3.22. The molecule has 0 fully saturated rings. The summed E-state index contributed by atoms with van der Waals surface area (Å²) < 4.78 is 0. The van der Waals surface area contributed by atoms with Crippen molar-refractivity contribution in [1.29, 1.82) is 0 Å². The Balaban J connectivity index is 2.49. The summed E-state index contributed by atoms with van der Waals surface area (Å²) in [5.41, 5.74) is 0. The third-order valence-corrected chi connectivity index (χ3v) is 6.51. The zero-order valence-electron chi connectivity index (χ0n) is 9.39. The fraction of sp³-hybridized carbons (Fsp3) is 0.143. The highest BCUT2D eigenvalue weighted by atomic mass is 28.4. The first-order valence-corrected chi connectivity index (χ1v) is 7.70. The second kappa shape index (κ2) is 4.64. The van der Waals surface area contributed by atoms with Crippen LogP contribution in [0.3, 0.4) is 0 Å². The van der Waals surface area contributed by atoms with Crippen LogP contribution in [0.1, 0.15) is 6.92 Å². The number of benzene rings is 2. The minimum Gasteiger partial charge on any atom is -0.285 e. The predicted molar refractivity (Wildman–Crippen MR) is 69.1 cm³/mol. The molecular weight excluding hydrogens is 212 g/mol. The van der Waals surface area contributed by atoms with Gasteiger partial charge in [0.05, 0.1) is 0 Å². The number of rotatable bonds is 3. The normalized spacial score (nSPS) is 11.4. The van der Waals surface area contributed by atoms with Gasteiger partial charge < -0.3 is 0 Å². The highest BCUT2D eigenvalue weighted by molar-refractivity contribution is 6.96. The van der Waals surface area contributed by atoms with Crippen LogP contribution in [0.25, 0.3) is 0 Å². The van der Waals surface area contributed by atoms with E-state index in [9.17, 15) is 4.80 Å². The molecule has 1 nitrogen and oxygen atoms in total. The summed E-state index contributed by atoms with van der Waals surface area (Å²) in [5, 5.41) is 1.95. The molecule has 0 N–H and O–H groups in total. The molecule has 2 aromatic carbocycles. The Morgan fingerprint density at radius 1 is 0.812 bits per heavy atom. The van der Waals surface area contributed by atoms with Gasteiger partial charge in [0.1, 0.15) is 0 Å². The Morgan fingerprint density at radius 2 is 1.19 bits per heavy atom. The molecule has 0 bridgehead atoms. The molecule has 2 rings (SSSR count). The lowest BCUT2D eigenvalue weighted by molar-refractivity contribution is 0.443. The summed E-state index contributed by atoms with van der Waals surface area (Å²) in [4.78, 5) is 13.0. The predicted octanol–water partition coefficient (Wildman–Crippen LogP) is 2.20. The van der Waals surface area contributed by atoms with E-state index < -0.39 is 8.32 Å². The van der Waals surface area contributed by atoms with E-state index in [1.807, 2.05) is 67.6 Å². The van der Waals surface area contributed by atoms with Crippen LogP contribution >= 0.6 is 0 Å². The zero-order valence-corrected chi connectivity index (χ0v) is 10.4. The third kappa shape index (κ3) is 1.94. The van der Waals surface area contributed by atoms with Crippen molar-refractivity contribution >= 4 is 18.7 Å². The summed E-state index contributed by atoms with van der Waals surface area (Å²) in [6.07, 6.45) is 0.